The largest absolute Gasteiger partial charge is 0.492 e. The SMILES string of the molecule is Cc1[nH]c2c(-c3c(OCC4CC4)ccc4c3OCO4)ncnc2c1C(=O)NC1CCC(NC(=O)[C@H](C)O)CC1. The molecule has 11 heteroatoms. The number of aliphatic hydroxyl groups is 1. The average molecular weight is 536 g/mol. The summed E-state index contributed by atoms with van der Waals surface area (Å²) in [5.41, 5.74) is 3.59. The Kier molecular flexibility index (Phi) is 6.76. The fourth-order valence-electron chi connectivity index (χ4n) is 5.34. The number of carbonyl (C=O) groups is 2. The maximum atomic E-state index is 13.5. The van der Waals surface area contributed by atoms with Crippen LogP contribution in [0.2, 0.25) is 0 Å². The molecule has 0 bridgehead atoms. The quantitative estimate of drug-likeness (QED) is 0.344. The second-order valence-electron chi connectivity index (χ2n) is 10.7. The number of nitrogens with zero attached hydrogens (tertiary/aromatic N) is 2. The van der Waals surface area contributed by atoms with Gasteiger partial charge < -0.3 is 34.9 Å². The molecule has 2 fully saturated rings. The molecular weight excluding hydrogens is 502 g/mol. The highest BCUT2D eigenvalue weighted by Crippen LogP contribution is 2.48. The molecule has 3 aromatic rings. The molecule has 2 aliphatic carbocycles. The molecule has 3 aliphatic rings. The number of aryl methyl sites for hydroxylation is 1. The number of H-pyrrole nitrogens is 1. The van der Waals surface area contributed by atoms with E-state index >= 15 is 0 Å². The third-order valence-electron chi connectivity index (χ3n) is 7.70. The lowest BCUT2D eigenvalue weighted by molar-refractivity contribution is -0.129. The monoisotopic (exact) mass is 535 g/mol. The van der Waals surface area contributed by atoms with E-state index in [0.717, 1.165) is 25.7 Å². The number of ether oxygens (including phenoxy) is 3. The highest BCUT2D eigenvalue weighted by atomic mass is 16.7. The lowest BCUT2D eigenvalue weighted by atomic mass is 9.90. The minimum atomic E-state index is -1.03. The minimum absolute atomic E-state index is 0.000467. The van der Waals surface area contributed by atoms with Crippen LogP contribution in [0.15, 0.2) is 18.5 Å². The molecule has 1 aromatic carbocycles. The van der Waals surface area contributed by atoms with Gasteiger partial charge in [-0.1, -0.05) is 0 Å². The third-order valence-corrected chi connectivity index (χ3v) is 7.70. The molecule has 39 heavy (non-hydrogen) atoms. The number of aromatic nitrogens is 3. The van der Waals surface area contributed by atoms with Crippen molar-refractivity contribution in [2.24, 2.45) is 5.92 Å². The summed E-state index contributed by atoms with van der Waals surface area (Å²) in [6.07, 6.45) is 5.68. The van der Waals surface area contributed by atoms with Crippen LogP contribution in [-0.2, 0) is 4.79 Å². The van der Waals surface area contributed by atoms with Gasteiger partial charge in [0.1, 0.15) is 29.4 Å². The molecule has 2 aromatic heterocycles. The van der Waals surface area contributed by atoms with Gasteiger partial charge >= 0.3 is 0 Å². The van der Waals surface area contributed by atoms with Crippen molar-refractivity contribution in [3.8, 4) is 28.5 Å². The Morgan fingerprint density at radius 3 is 2.56 bits per heavy atom. The summed E-state index contributed by atoms with van der Waals surface area (Å²) in [5, 5.41) is 15.5. The van der Waals surface area contributed by atoms with E-state index in [0.29, 0.717) is 63.3 Å². The van der Waals surface area contributed by atoms with Gasteiger partial charge in [-0.25, -0.2) is 9.97 Å². The molecule has 0 unspecified atom stereocenters. The fourth-order valence-corrected chi connectivity index (χ4v) is 5.34. The van der Waals surface area contributed by atoms with Gasteiger partial charge in [-0.05, 0) is 70.4 Å². The van der Waals surface area contributed by atoms with Crippen molar-refractivity contribution < 1.29 is 28.9 Å². The first-order valence-corrected chi connectivity index (χ1v) is 13.6. The second kappa shape index (κ2) is 10.4. The number of hydrogen-bond donors (Lipinski definition) is 4. The van der Waals surface area contributed by atoms with E-state index in [1.165, 1.54) is 26.1 Å². The van der Waals surface area contributed by atoms with Gasteiger partial charge in [-0.15, -0.1) is 0 Å². The number of nitrogens with one attached hydrogen (secondary N) is 3. The maximum absolute atomic E-state index is 13.5. The van der Waals surface area contributed by atoms with Crippen LogP contribution >= 0.6 is 0 Å². The molecule has 4 N–H and O–H groups in total. The molecule has 3 heterocycles. The topological polar surface area (TPSA) is 148 Å². The van der Waals surface area contributed by atoms with E-state index in [1.807, 2.05) is 19.1 Å². The van der Waals surface area contributed by atoms with Crippen molar-refractivity contribution >= 4 is 22.8 Å². The molecule has 0 radical (unpaired) electrons. The van der Waals surface area contributed by atoms with Crippen molar-refractivity contribution in [3.05, 3.63) is 29.7 Å². The summed E-state index contributed by atoms with van der Waals surface area (Å²) >= 11 is 0. The van der Waals surface area contributed by atoms with Crippen molar-refractivity contribution in [3.63, 3.8) is 0 Å². The standard InChI is InChI=1S/C28H33N5O6/c1-14-21(28(36)33-18-7-5-17(6-8-18)32-27(35)15(2)34)23-25(31-14)24(30-12-29-23)22-19(37-11-16-3-4-16)9-10-20-26(22)39-13-38-20/h9-10,12,15-18,31,34H,3-8,11,13H2,1-2H3,(H,32,35)(H,33,36)/t15-,17?,18?/m0/s1. The molecule has 2 saturated carbocycles. The molecule has 6 rings (SSSR count). The lowest BCUT2D eigenvalue weighted by Crippen LogP contribution is -2.46. The molecule has 2 amide bonds. The predicted molar refractivity (Wildman–Crippen MR) is 142 cm³/mol. The summed E-state index contributed by atoms with van der Waals surface area (Å²) in [6, 6.07) is 3.70. The van der Waals surface area contributed by atoms with Crippen molar-refractivity contribution in [1.29, 1.82) is 0 Å². The summed E-state index contributed by atoms with van der Waals surface area (Å²) in [7, 11) is 0. The summed E-state index contributed by atoms with van der Waals surface area (Å²) < 4.78 is 17.6. The van der Waals surface area contributed by atoms with E-state index in [2.05, 4.69) is 25.6 Å². The van der Waals surface area contributed by atoms with Crippen LogP contribution in [0.1, 0.15) is 61.5 Å². The number of carbonyl (C=O) groups excluding carboxylic acids is 2. The van der Waals surface area contributed by atoms with Crippen LogP contribution < -0.4 is 24.8 Å². The summed E-state index contributed by atoms with van der Waals surface area (Å²) in [5.74, 6) is 1.85. The minimum Gasteiger partial charge on any atom is -0.492 e. The number of fused-ring (bicyclic) bond motifs is 2. The first kappa shape index (κ1) is 25.4. The van der Waals surface area contributed by atoms with Gasteiger partial charge in [-0.2, -0.15) is 0 Å². The first-order valence-electron chi connectivity index (χ1n) is 13.6. The Morgan fingerprint density at radius 2 is 1.85 bits per heavy atom. The number of hydrogen-bond acceptors (Lipinski definition) is 8. The van der Waals surface area contributed by atoms with Gasteiger partial charge in [0.2, 0.25) is 12.7 Å². The van der Waals surface area contributed by atoms with Crippen LogP contribution in [-0.4, -0.2) is 63.5 Å². The smallest absolute Gasteiger partial charge is 0.255 e. The third kappa shape index (κ3) is 5.10. The van der Waals surface area contributed by atoms with Crippen LogP contribution in [0.4, 0.5) is 0 Å². The van der Waals surface area contributed by atoms with E-state index in [-0.39, 0.29) is 30.7 Å². The van der Waals surface area contributed by atoms with E-state index < -0.39 is 6.10 Å². The molecule has 206 valence electrons. The van der Waals surface area contributed by atoms with Gasteiger partial charge in [0.05, 0.1) is 23.3 Å². The van der Waals surface area contributed by atoms with Crippen LogP contribution in [0, 0.1) is 12.8 Å². The fraction of sp³-hybridized carbons (Fsp3) is 0.500. The number of rotatable bonds is 8. The van der Waals surface area contributed by atoms with E-state index in [1.54, 1.807) is 0 Å². The normalized spacial score (nSPS) is 21.0. The number of aliphatic hydroxyl groups excluding tert-OH is 1. The molecule has 0 saturated heterocycles. The summed E-state index contributed by atoms with van der Waals surface area (Å²) in [4.78, 5) is 37.7. The van der Waals surface area contributed by atoms with E-state index in [9.17, 15) is 14.7 Å². The Morgan fingerprint density at radius 1 is 1.10 bits per heavy atom. The zero-order valence-electron chi connectivity index (χ0n) is 22.1. The van der Waals surface area contributed by atoms with Gasteiger partial charge in [0.25, 0.3) is 5.91 Å². The Bertz CT molecular complexity index is 1410. The zero-order chi connectivity index (χ0) is 27.1. The zero-order valence-corrected chi connectivity index (χ0v) is 22.1. The van der Waals surface area contributed by atoms with Crippen LogP contribution in [0.3, 0.4) is 0 Å². The molecule has 11 nitrogen and oxygen atoms in total. The molecule has 1 atom stereocenters. The highest BCUT2D eigenvalue weighted by molar-refractivity contribution is 6.09. The second-order valence-corrected chi connectivity index (χ2v) is 10.7. The van der Waals surface area contributed by atoms with E-state index in [4.69, 9.17) is 14.2 Å². The summed E-state index contributed by atoms with van der Waals surface area (Å²) in [6.45, 7) is 4.05. The number of aromatic amines is 1. The first-order chi connectivity index (χ1) is 18.9. The van der Waals surface area contributed by atoms with Crippen molar-refractivity contribution in [1.82, 2.24) is 25.6 Å². The number of benzene rings is 1. The maximum Gasteiger partial charge on any atom is 0.255 e. The van der Waals surface area contributed by atoms with Gasteiger partial charge in [-0.3, -0.25) is 9.59 Å². The Balaban J connectivity index is 1.25. The van der Waals surface area contributed by atoms with Gasteiger partial charge in [0, 0.05) is 17.8 Å². The average Bonchev–Trinajstić information content (AvgIpc) is 3.51. The molecule has 1 aliphatic heterocycles. The van der Waals surface area contributed by atoms with Crippen molar-refractivity contribution in [2.75, 3.05) is 13.4 Å². The molecular formula is C28H33N5O6. The Labute approximate surface area is 225 Å². The van der Waals surface area contributed by atoms with Gasteiger partial charge in [0.15, 0.2) is 11.5 Å². The Hall–Kier alpha value is -3.86. The number of amides is 2. The van der Waals surface area contributed by atoms with Crippen LogP contribution in [0.5, 0.6) is 17.2 Å². The highest BCUT2D eigenvalue weighted by Gasteiger charge is 2.31. The lowest BCUT2D eigenvalue weighted by Gasteiger charge is -2.30. The van der Waals surface area contributed by atoms with Crippen molar-refractivity contribution in [2.45, 2.75) is 70.6 Å². The predicted octanol–water partition coefficient (Wildman–Crippen LogP) is 2.99. The molecule has 0 spiro atoms. The van der Waals surface area contributed by atoms with Crippen LogP contribution in [0.25, 0.3) is 22.3 Å².